The van der Waals surface area contributed by atoms with Crippen LogP contribution in [0.4, 0.5) is 0 Å². The lowest BCUT2D eigenvalue weighted by atomic mass is 10.0. The van der Waals surface area contributed by atoms with Gasteiger partial charge in [0.05, 0.1) is 16.7 Å². The molecule has 0 saturated carbocycles. The Morgan fingerprint density at radius 3 is 2.24 bits per heavy atom. The normalized spacial score (nSPS) is 12.4. The zero-order valence-corrected chi connectivity index (χ0v) is 22.8. The average Bonchev–Trinajstić information content (AvgIpc) is 2.91. The molecular weight excluding hydrogens is 507 g/mol. The number of benzene rings is 3. The van der Waals surface area contributed by atoms with Crippen molar-refractivity contribution in [3.8, 4) is 5.75 Å². The number of halogens is 2. The maximum absolute atomic E-state index is 13.6. The van der Waals surface area contributed by atoms with E-state index in [1.54, 1.807) is 17.0 Å². The molecule has 0 aromatic heterocycles. The smallest absolute Gasteiger partial charge is 0.243 e. The molecule has 2 amide bonds. The fourth-order valence-electron chi connectivity index (χ4n) is 3.90. The molecule has 5 nitrogen and oxygen atoms in total. The molecule has 3 aromatic rings. The second-order valence-electron chi connectivity index (χ2n) is 9.06. The Labute approximate surface area is 229 Å². The van der Waals surface area contributed by atoms with Gasteiger partial charge in [0, 0.05) is 25.4 Å². The van der Waals surface area contributed by atoms with Crippen LogP contribution >= 0.6 is 23.2 Å². The van der Waals surface area contributed by atoms with Crippen molar-refractivity contribution in [3.63, 3.8) is 0 Å². The highest BCUT2D eigenvalue weighted by Crippen LogP contribution is 2.25. The lowest BCUT2D eigenvalue weighted by Gasteiger charge is -2.32. The standard InChI is InChI=1S/C30H34Cl2N2O3/c1-3-22(2)33-30(36)28(20-23-11-6-4-7-12-23)34(21-24-16-17-26(31)27(32)19-24)29(35)15-10-18-37-25-13-8-5-9-14-25/h4-9,11-14,16-17,19,22,28H,3,10,15,18,20-21H2,1-2H3,(H,33,36)/t22-,28-/m0/s1. The van der Waals surface area contributed by atoms with Crippen molar-refractivity contribution >= 4 is 35.0 Å². The fourth-order valence-corrected chi connectivity index (χ4v) is 4.22. The molecule has 0 radical (unpaired) electrons. The molecular formula is C30H34Cl2N2O3. The highest BCUT2D eigenvalue weighted by Gasteiger charge is 2.30. The third-order valence-corrected chi connectivity index (χ3v) is 6.89. The number of nitrogens with zero attached hydrogens (tertiary/aromatic N) is 1. The van der Waals surface area contributed by atoms with Crippen molar-refractivity contribution in [2.24, 2.45) is 0 Å². The Bertz CT molecular complexity index is 1140. The molecule has 1 N–H and O–H groups in total. The van der Waals surface area contributed by atoms with E-state index in [1.165, 1.54) is 0 Å². The third-order valence-electron chi connectivity index (χ3n) is 6.16. The summed E-state index contributed by atoms with van der Waals surface area (Å²) in [5.74, 6) is 0.465. The van der Waals surface area contributed by atoms with Gasteiger partial charge in [-0.15, -0.1) is 0 Å². The SMILES string of the molecule is CC[C@H](C)NC(=O)[C@H](Cc1ccccc1)N(Cc1ccc(Cl)c(Cl)c1)C(=O)CCCOc1ccccc1. The first kappa shape index (κ1) is 28.5. The summed E-state index contributed by atoms with van der Waals surface area (Å²) in [5, 5.41) is 3.93. The number of ether oxygens (including phenoxy) is 1. The summed E-state index contributed by atoms with van der Waals surface area (Å²) in [6.45, 7) is 4.62. The maximum Gasteiger partial charge on any atom is 0.243 e. The Balaban J connectivity index is 1.83. The topological polar surface area (TPSA) is 58.6 Å². The summed E-state index contributed by atoms with van der Waals surface area (Å²) in [4.78, 5) is 28.8. The van der Waals surface area contributed by atoms with Gasteiger partial charge in [0.2, 0.25) is 11.8 Å². The number of carbonyl (C=O) groups is 2. The molecule has 3 aromatic carbocycles. The molecule has 0 heterocycles. The van der Waals surface area contributed by atoms with Gasteiger partial charge in [-0.25, -0.2) is 0 Å². The van der Waals surface area contributed by atoms with E-state index < -0.39 is 6.04 Å². The summed E-state index contributed by atoms with van der Waals surface area (Å²) in [6, 6.07) is 23.8. The first-order valence-corrected chi connectivity index (χ1v) is 13.4. The lowest BCUT2D eigenvalue weighted by molar-refractivity contribution is -0.141. The molecule has 0 fully saturated rings. The molecule has 2 atom stereocenters. The van der Waals surface area contributed by atoms with Crippen LogP contribution in [0.5, 0.6) is 5.75 Å². The van der Waals surface area contributed by atoms with Crippen molar-refractivity contribution in [1.82, 2.24) is 10.2 Å². The zero-order valence-electron chi connectivity index (χ0n) is 21.3. The summed E-state index contributed by atoms with van der Waals surface area (Å²) >= 11 is 12.4. The van der Waals surface area contributed by atoms with Crippen LogP contribution in [0.1, 0.15) is 44.2 Å². The molecule has 0 aliphatic carbocycles. The first-order chi connectivity index (χ1) is 17.9. The molecule has 3 rings (SSSR count). The van der Waals surface area contributed by atoms with E-state index in [9.17, 15) is 9.59 Å². The fraction of sp³-hybridized carbons (Fsp3) is 0.333. The first-order valence-electron chi connectivity index (χ1n) is 12.6. The molecule has 0 aliphatic rings. The van der Waals surface area contributed by atoms with Gasteiger partial charge in [-0.3, -0.25) is 9.59 Å². The Morgan fingerprint density at radius 2 is 1.59 bits per heavy atom. The number of hydrogen-bond donors (Lipinski definition) is 1. The van der Waals surface area contributed by atoms with Crippen LogP contribution in [0, 0.1) is 0 Å². The molecule has 0 aliphatic heterocycles. The van der Waals surface area contributed by atoms with Gasteiger partial charge in [0.15, 0.2) is 0 Å². The van der Waals surface area contributed by atoms with Gasteiger partial charge in [0.25, 0.3) is 0 Å². The van der Waals surface area contributed by atoms with Gasteiger partial charge < -0.3 is 15.0 Å². The van der Waals surface area contributed by atoms with Gasteiger partial charge >= 0.3 is 0 Å². The van der Waals surface area contributed by atoms with Crippen LogP contribution in [0.15, 0.2) is 78.9 Å². The second-order valence-corrected chi connectivity index (χ2v) is 9.87. The Hall–Kier alpha value is -3.02. The molecule has 37 heavy (non-hydrogen) atoms. The van der Waals surface area contributed by atoms with Crippen molar-refractivity contribution in [2.45, 2.75) is 58.2 Å². The van der Waals surface area contributed by atoms with E-state index in [2.05, 4.69) is 5.32 Å². The van der Waals surface area contributed by atoms with E-state index in [1.807, 2.05) is 80.6 Å². The zero-order chi connectivity index (χ0) is 26.6. The molecule has 0 spiro atoms. The van der Waals surface area contributed by atoms with E-state index in [0.717, 1.165) is 23.3 Å². The molecule has 0 bridgehead atoms. The van der Waals surface area contributed by atoms with Crippen LogP contribution in [-0.4, -0.2) is 35.4 Å². The van der Waals surface area contributed by atoms with E-state index >= 15 is 0 Å². The van der Waals surface area contributed by atoms with Gasteiger partial charge in [-0.2, -0.15) is 0 Å². The number of nitrogens with one attached hydrogen (secondary N) is 1. The van der Waals surface area contributed by atoms with Gasteiger partial charge in [0.1, 0.15) is 11.8 Å². The highest BCUT2D eigenvalue weighted by atomic mass is 35.5. The van der Waals surface area contributed by atoms with Crippen LogP contribution < -0.4 is 10.1 Å². The van der Waals surface area contributed by atoms with Crippen LogP contribution in [0.25, 0.3) is 0 Å². The molecule has 7 heteroatoms. The number of para-hydroxylation sites is 1. The minimum Gasteiger partial charge on any atom is -0.494 e. The highest BCUT2D eigenvalue weighted by molar-refractivity contribution is 6.42. The Morgan fingerprint density at radius 1 is 0.919 bits per heavy atom. The van der Waals surface area contributed by atoms with Crippen LogP contribution in [-0.2, 0) is 22.6 Å². The summed E-state index contributed by atoms with van der Waals surface area (Å²) < 4.78 is 5.77. The largest absolute Gasteiger partial charge is 0.494 e. The number of hydrogen-bond acceptors (Lipinski definition) is 3. The third kappa shape index (κ3) is 9.10. The molecule has 0 unspecified atom stereocenters. The predicted molar refractivity (Wildman–Crippen MR) is 150 cm³/mol. The van der Waals surface area contributed by atoms with Crippen LogP contribution in [0.2, 0.25) is 10.0 Å². The average molecular weight is 542 g/mol. The monoisotopic (exact) mass is 540 g/mol. The van der Waals surface area contributed by atoms with Crippen LogP contribution in [0.3, 0.4) is 0 Å². The van der Waals surface area contributed by atoms with E-state index in [0.29, 0.717) is 29.5 Å². The van der Waals surface area contributed by atoms with Gasteiger partial charge in [-0.05, 0) is 55.2 Å². The minimum absolute atomic E-state index is 0.00743. The van der Waals surface area contributed by atoms with E-state index in [4.69, 9.17) is 27.9 Å². The summed E-state index contributed by atoms with van der Waals surface area (Å²) in [7, 11) is 0. The summed E-state index contributed by atoms with van der Waals surface area (Å²) in [5.41, 5.74) is 1.78. The predicted octanol–water partition coefficient (Wildman–Crippen LogP) is 6.71. The second kappa shape index (κ2) is 14.7. The van der Waals surface area contributed by atoms with E-state index in [-0.39, 0.29) is 30.8 Å². The Kier molecular flexibility index (Phi) is 11.3. The lowest BCUT2D eigenvalue weighted by Crippen LogP contribution is -2.52. The van der Waals surface area contributed by atoms with Crippen molar-refractivity contribution in [3.05, 3.63) is 100 Å². The summed E-state index contributed by atoms with van der Waals surface area (Å²) in [6.07, 6.45) is 1.96. The number of carbonyl (C=O) groups excluding carboxylic acids is 2. The number of amides is 2. The molecule has 196 valence electrons. The van der Waals surface area contributed by atoms with Crippen molar-refractivity contribution in [1.29, 1.82) is 0 Å². The number of rotatable bonds is 13. The van der Waals surface area contributed by atoms with Gasteiger partial charge in [-0.1, -0.05) is 84.7 Å². The minimum atomic E-state index is -0.687. The molecule has 0 saturated heterocycles. The maximum atomic E-state index is 13.6. The van der Waals surface area contributed by atoms with Crippen molar-refractivity contribution < 1.29 is 14.3 Å². The van der Waals surface area contributed by atoms with Crippen molar-refractivity contribution in [2.75, 3.05) is 6.61 Å². The quantitative estimate of drug-likeness (QED) is 0.245.